The summed E-state index contributed by atoms with van der Waals surface area (Å²) in [6.45, 7) is 1.88. The van der Waals surface area contributed by atoms with Crippen molar-refractivity contribution >= 4 is 77.2 Å². The number of nitrogens with zero attached hydrogens (tertiary/aromatic N) is 4. The predicted molar refractivity (Wildman–Crippen MR) is 185 cm³/mol. The molecule has 0 radical (unpaired) electrons. The Morgan fingerprint density at radius 1 is 0.771 bits per heavy atom. The van der Waals surface area contributed by atoms with Crippen molar-refractivity contribution in [2.45, 2.75) is 21.6 Å². The number of carbonyl (C=O) groups excluding carboxylic acids is 2. The maximum atomic E-state index is 12.9. The van der Waals surface area contributed by atoms with Gasteiger partial charge in [0.1, 0.15) is 35.4 Å². The number of carbonyl (C=O) groups is 2. The second-order valence-corrected chi connectivity index (χ2v) is 16.6. The molecule has 0 fully saturated rings. The van der Waals surface area contributed by atoms with Gasteiger partial charge >= 0.3 is 0 Å². The molecule has 0 saturated carbocycles. The van der Waals surface area contributed by atoms with Crippen molar-refractivity contribution in [3.8, 4) is 23.6 Å². The van der Waals surface area contributed by atoms with Gasteiger partial charge in [-0.3, -0.25) is 19.4 Å². The number of hydrogen-bond acceptors (Lipinski definition) is 11. The molecule has 0 bridgehead atoms. The van der Waals surface area contributed by atoms with Crippen molar-refractivity contribution in [2.75, 3.05) is 27.3 Å². The normalized spacial score (nSPS) is 14.9. The number of phenolic OH excluding ortho intramolecular Hbond substituents is 2. The van der Waals surface area contributed by atoms with Gasteiger partial charge in [0.25, 0.3) is 11.8 Å². The van der Waals surface area contributed by atoms with Crippen LogP contribution >= 0.6 is 34.4 Å². The standard InChI is InChI=1S/C17H14N2O4S2.C15H9IN2O4S/c1-2-24-14-8-11(7-12(9-18)16(14)20)17(21)19-10-25(22,23)15-6-4-3-5-13(15)19;16-11-6-9(5-10(7-17)14(11)19)15(20)18-8-23(21,22)13-4-2-1-3-12(13)18/h3-8,20H,2,10H2,1H3;1-6,19H,8H2. The van der Waals surface area contributed by atoms with Crippen LogP contribution < -0.4 is 9.80 Å². The highest BCUT2D eigenvalue weighted by molar-refractivity contribution is 14.1. The fraction of sp³-hybridized carbons (Fsp3) is 0.125. The molecular formula is C32H23IN4O8S3. The topological polar surface area (TPSA) is 197 Å². The zero-order valence-electron chi connectivity index (χ0n) is 24.8. The molecule has 4 aromatic rings. The third kappa shape index (κ3) is 6.44. The second-order valence-electron chi connectivity index (χ2n) is 10.3. The fourth-order valence-corrected chi connectivity index (χ4v) is 9.47. The number of thioether (sulfide) groups is 1. The van der Waals surface area contributed by atoms with Crippen molar-refractivity contribution in [3.63, 3.8) is 0 Å². The molecule has 6 rings (SSSR count). The summed E-state index contributed by atoms with van der Waals surface area (Å²) < 4.78 is 49.2. The van der Waals surface area contributed by atoms with E-state index in [0.717, 1.165) is 4.90 Å². The molecule has 0 atom stereocenters. The number of anilines is 2. The molecule has 48 heavy (non-hydrogen) atoms. The van der Waals surface area contributed by atoms with Gasteiger partial charge in [-0.1, -0.05) is 31.2 Å². The van der Waals surface area contributed by atoms with Gasteiger partial charge < -0.3 is 10.2 Å². The number of benzene rings is 4. The molecule has 0 aliphatic carbocycles. The molecule has 244 valence electrons. The van der Waals surface area contributed by atoms with Gasteiger partial charge in [0, 0.05) is 11.1 Å². The maximum Gasteiger partial charge on any atom is 0.259 e. The monoisotopic (exact) mass is 814 g/mol. The Hall–Kier alpha value is -4.62. The number of aromatic hydroxyl groups is 2. The minimum Gasteiger partial charge on any atom is -0.505 e. The summed E-state index contributed by atoms with van der Waals surface area (Å²) in [7, 11) is -7.12. The van der Waals surface area contributed by atoms with Crippen LogP contribution in [-0.4, -0.2) is 56.4 Å². The molecule has 0 spiro atoms. The number of nitriles is 2. The minimum atomic E-state index is -3.57. The average molecular weight is 815 g/mol. The molecule has 16 heteroatoms. The molecular weight excluding hydrogens is 791 g/mol. The zero-order valence-corrected chi connectivity index (χ0v) is 29.4. The summed E-state index contributed by atoms with van der Waals surface area (Å²) in [5, 5.41) is 38.0. The van der Waals surface area contributed by atoms with Crippen molar-refractivity contribution in [1.82, 2.24) is 0 Å². The predicted octanol–water partition coefficient (Wildman–Crippen LogP) is 5.03. The third-order valence-corrected chi connectivity index (χ3v) is 12.2. The van der Waals surface area contributed by atoms with E-state index >= 15 is 0 Å². The quantitative estimate of drug-likeness (QED) is 0.207. The Kier molecular flexibility index (Phi) is 9.74. The maximum absolute atomic E-state index is 12.9. The van der Waals surface area contributed by atoms with Crippen LogP contribution in [-0.2, 0) is 19.7 Å². The summed E-state index contributed by atoms with van der Waals surface area (Å²) in [4.78, 5) is 28.6. The Bertz CT molecular complexity index is 2320. The van der Waals surface area contributed by atoms with Crippen LogP contribution in [0, 0.1) is 26.2 Å². The summed E-state index contributed by atoms with van der Waals surface area (Å²) in [6, 6.07) is 21.7. The van der Waals surface area contributed by atoms with E-state index in [9.17, 15) is 41.9 Å². The van der Waals surface area contributed by atoms with Crippen LogP contribution in [0.4, 0.5) is 11.4 Å². The number of amides is 2. The summed E-state index contributed by atoms with van der Waals surface area (Å²) in [5.74, 6) is -1.65. The smallest absolute Gasteiger partial charge is 0.259 e. The van der Waals surface area contributed by atoms with Gasteiger partial charge in [-0.15, -0.1) is 11.8 Å². The first-order chi connectivity index (χ1) is 22.7. The SMILES string of the molecule is CCSc1cc(C(=O)N2CS(=O)(=O)c3ccccc32)cc(C#N)c1O.N#Cc1cc(C(=O)N2CS(=O)(=O)c3ccccc32)cc(I)c1O. The first-order valence-electron chi connectivity index (χ1n) is 13.8. The van der Waals surface area contributed by atoms with E-state index in [2.05, 4.69) is 0 Å². The van der Waals surface area contributed by atoms with E-state index in [0.29, 0.717) is 25.6 Å². The summed E-state index contributed by atoms with van der Waals surface area (Å²) in [6.07, 6.45) is 0. The molecule has 0 unspecified atom stereocenters. The second kappa shape index (κ2) is 13.5. The van der Waals surface area contributed by atoms with E-state index in [1.54, 1.807) is 36.4 Å². The molecule has 0 saturated heterocycles. The zero-order chi connectivity index (χ0) is 35.0. The first-order valence-corrected chi connectivity index (χ1v) is 19.2. The summed E-state index contributed by atoms with van der Waals surface area (Å²) >= 11 is 3.11. The lowest BCUT2D eigenvalue weighted by Gasteiger charge is -2.17. The van der Waals surface area contributed by atoms with Gasteiger partial charge in [0.05, 0.1) is 40.8 Å². The van der Waals surface area contributed by atoms with E-state index in [-0.39, 0.29) is 43.5 Å². The van der Waals surface area contributed by atoms with Crippen molar-refractivity contribution in [2.24, 2.45) is 0 Å². The Morgan fingerprint density at radius 3 is 1.67 bits per heavy atom. The first kappa shape index (κ1) is 34.7. The van der Waals surface area contributed by atoms with E-state index in [4.69, 9.17) is 5.26 Å². The molecule has 4 aromatic carbocycles. The molecule has 2 N–H and O–H groups in total. The van der Waals surface area contributed by atoms with Gasteiger partial charge in [-0.05, 0) is 76.9 Å². The molecule has 2 aliphatic rings. The Balaban J connectivity index is 0.000000188. The fourth-order valence-electron chi connectivity index (χ4n) is 5.04. The van der Waals surface area contributed by atoms with Crippen LogP contribution in [0.2, 0.25) is 0 Å². The Labute approximate surface area is 293 Å². The lowest BCUT2D eigenvalue weighted by molar-refractivity contribution is 0.0983. The number of halogens is 1. The number of sulfone groups is 2. The molecule has 0 aromatic heterocycles. The summed E-state index contributed by atoms with van der Waals surface area (Å²) in [5.41, 5.74) is 0.906. The van der Waals surface area contributed by atoms with Gasteiger partial charge in [0.15, 0.2) is 19.7 Å². The van der Waals surface area contributed by atoms with Gasteiger partial charge in [0.2, 0.25) is 0 Å². The van der Waals surface area contributed by atoms with Gasteiger partial charge in [-0.25, -0.2) is 16.8 Å². The molecule has 2 heterocycles. The number of fused-ring (bicyclic) bond motifs is 2. The highest BCUT2D eigenvalue weighted by Gasteiger charge is 2.37. The minimum absolute atomic E-state index is 0.0165. The van der Waals surface area contributed by atoms with Crippen LogP contribution in [0.3, 0.4) is 0 Å². The molecule has 2 amide bonds. The lowest BCUT2D eigenvalue weighted by atomic mass is 10.1. The van der Waals surface area contributed by atoms with E-state index < -0.39 is 43.2 Å². The highest BCUT2D eigenvalue weighted by Crippen LogP contribution is 2.38. The van der Waals surface area contributed by atoms with E-state index in [1.807, 2.05) is 41.7 Å². The lowest BCUT2D eigenvalue weighted by Crippen LogP contribution is -2.30. The number of para-hydroxylation sites is 2. The van der Waals surface area contributed by atoms with Crippen molar-refractivity contribution in [1.29, 1.82) is 10.5 Å². The van der Waals surface area contributed by atoms with Crippen LogP contribution in [0.1, 0.15) is 38.8 Å². The molecule has 2 aliphatic heterocycles. The molecule has 12 nitrogen and oxygen atoms in total. The van der Waals surface area contributed by atoms with Gasteiger partial charge in [-0.2, -0.15) is 10.5 Å². The van der Waals surface area contributed by atoms with Crippen molar-refractivity contribution < 1.29 is 36.6 Å². The third-order valence-electron chi connectivity index (χ3n) is 7.24. The van der Waals surface area contributed by atoms with Crippen LogP contribution in [0.25, 0.3) is 0 Å². The van der Waals surface area contributed by atoms with Crippen LogP contribution in [0.15, 0.2) is 87.5 Å². The van der Waals surface area contributed by atoms with Crippen molar-refractivity contribution in [3.05, 3.63) is 98.6 Å². The highest BCUT2D eigenvalue weighted by atomic mass is 127. The largest absolute Gasteiger partial charge is 0.505 e. The van der Waals surface area contributed by atoms with E-state index in [1.165, 1.54) is 53.1 Å². The van der Waals surface area contributed by atoms with Crippen LogP contribution in [0.5, 0.6) is 11.5 Å². The Morgan fingerprint density at radius 2 is 1.21 bits per heavy atom. The average Bonchev–Trinajstić information content (AvgIpc) is 3.51. The number of phenols is 2. The number of rotatable bonds is 4. The number of hydrogen-bond donors (Lipinski definition) is 2.